The summed E-state index contributed by atoms with van der Waals surface area (Å²) in [5, 5.41) is 0. The summed E-state index contributed by atoms with van der Waals surface area (Å²) in [6.07, 6.45) is 9.29. The van der Waals surface area contributed by atoms with Crippen molar-refractivity contribution in [3.8, 4) is 0 Å². The molecule has 1 radical (unpaired) electrons. The van der Waals surface area contributed by atoms with Gasteiger partial charge in [0, 0.05) is 0 Å². The van der Waals surface area contributed by atoms with E-state index < -0.39 is 0 Å². The van der Waals surface area contributed by atoms with Gasteiger partial charge in [-0.05, 0) is 30.5 Å². The van der Waals surface area contributed by atoms with Crippen molar-refractivity contribution in [1.29, 1.82) is 0 Å². The highest BCUT2D eigenvalue weighted by atomic mass is 14.5. The molecule has 1 aromatic rings. The number of rotatable bonds is 7. The minimum Gasteiger partial charge on any atom is -0.301 e. The number of aryl methyl sites for hydroxylation is 1. The third kappa shape index (κ3) is 5.46. The number of hydrogen-bond donors (Lipinski definition) is 0. The van der Waals surface area contributed by atoms with Gasteiger partial charge in [-0.25, -0.2) is 0 Å². The first-order valence-electron chi connectivity index (χ1n) is 6.13. The van der Waals surface area contributed by atoms with Crippen LogP contribution in [0.25, 0.3) is 0 Å². The molecule has 0 aliphatic heterocycles. The molecule has 83 valence electrons. The van der Waals surface area contributed by atoms with Crippen LogP contribution in [0, 0.1) is 0 Å². The molecule has 0 bridgehead atoms. The third-order valence-electron chi connectivity index (χ3n) is 2.77. The lowest BCUT2D eigenvalue weighted by atomic mass is 10.0. The summed E-state index contributed by atoms with van der Waals surface area (Å²) in [6, 6.07) is 7.92. The van der Waals surface area contributed by atoms with Crippen molar-refractivity contribution in [2.24, 2.45) is 0 Å². The molecule has 1 nitrogen and oxygen atoms in total. The van der Waals surface area contributed by atoms with E-state index in [1.165, 1.54) is 50.5 Å². The first-order chi connectivity index (χ1) is 7.33. The molecule has 0 heterocycles. The molecule has 0 atom stereocenters. The van der Waals surface area contributed by atoms with Gasteiger partial charge in [-0.1, -0.05) is 51.2 Å². The highest BCUT2D eigenvalue weighted by Crippen LogP contribution is 2.12. The van der Waals surface area contributed by atoms with Crippen LogP contribution in [0.4, 0.5) is 5.69 Å². The average molecular weight is 204 g/mol. The van der Waals surface area contributed by atoms with Crippen LogP contribution in [0.2, 0.25) is 0 Å². The first-order valence-corrected chi connectivity index (χ1v) is 6.13. The fraction of sp³-hybridized carbons (Fsp3) is 0.571. The SMILES string of the molecule is CCCCCCCCc1ccc([NH])cc1. The molecule has 0 aromatic heterocycles. The Balaban J connectivity index is 2.07. The molecule has 15 heavy (non-hydrogen) atoms. The molecule has 0 spiro atoms. The van der Waals surface area contributed by atoms with Gasteiger partial charge in [0.05, 0.1) is 5.69 Å². The van der Waals surface area contributed by atoms with Gasteiger partial charge < -0.3 is 5.73 Å². The van der Waals surface area contributed by atoms with Crippen molar-refractivity contribution < 1.29 is 0 Å². The smallest absolute Gasteiger partial charge is 0.0540 e. The summed E-state index contributed by atoms with van der Waals surface area (Å²) in [5.41, 5.74) is 9.37. The fourth-order valence-electron chi connectivity index (χ4n) is 1.78. The van der Waals surface area contributed by atoms with E-state index in [4.69, 9.17) is 5.73 Å². The molecule has 1 heteroatoms. The molecule has 0 unspecified atom stereocenters. The molecule has 0 saturated heterocycles. The topological polar surface area (TPSA) is 23.8 Å². The maximum absolute atomic E-state index is 7.38. The zero-order valence-corrected chi connectivity index (χ0v) is 9.76. The molecule has 0 aliphatic rings. The molecule has 1 N–H and O–H groups in total. The molecule has 0 fully saturated rings. The molecular formula is C14H22N. The van der Waals surface area contributed by atoms with Gasteiger partial charge in [0.1, 0.15) is 0 Å². The molecule has 1 rings (SSSR count). The highest BCUT2D eigenvalue weighted by Gasteiger charge is 1.94. The van der Waals surface area contributed by atoms with E-state index in [1.807, 2.05) is 12.1 Å². The second-order valence-corrected chi connectivity index (χ2v) is 4.21. The van der Waals surface area contributed by atoms with E-state index in [2.05, 4.69) is 19.1 Å². The van der Waals surface area contributed by atoms with Crippen molar-refractivity contribution >= 4 is 5.69 Å². The van der Waals surface area contributed by atoms with E-state index in [9.17, 15) is 0 Å². The van der Waals surface area contributed by atoms with Gasteiger partial charge in [0.15, 0.2) is 0 Å². The van der Waals surface area contributed by atoms with E-state index in [-0.39, 0.29) is 0 Å². The van der Waals surface area contributed by atoms with Gasteiger partial charge in [0.25, 0.3) is 0 Å². The molecule has 0 saturated carbocycles. The Hall–Kier alpha value is -0.980. The van der Waals surface area contributed by atoms with Gasteiger partial charge >= 0.3 is 0 Å². The Morgan fingerprint density at radius 2 is 1.47 bits per heavy atom. The van der Waals surface area contributed by atoms with Gasteiger partial charge in [0.2, 0.25) is 0 Å². The average Bonchev–Trinajstić information content (AvgIpc) is 2.26. The predicted molar refractivity (Wildman–Crippen MR) is 66.3 cm³/mol. The van der Waals surface area contributed by atoms with Crippen molar-refractivity contribution in [1.82, 2.24) is 5.73 Å². The van der Waals surface area contributed by atoms with E-state index in [0.29, 0.717) is 5.69 Å². The number of unbranched alkanes of at least 4 members (excludes halogenated alkanes) is 5. The van der Waals surface area contributed by atoms with Crippen LogP contribution < -0.4 is 5.73 Å². The lowest BCUT2D eigenvalue weighted by Crippen LogP contribution is -1.86. The van der Waals surface area contributed by atoms with Crippen LogP contribution in [0.5, 0.6) is 0 Å². The fourth-order valence-corrected chi connectivity index (χ4v) is 1.78. The zero-order chi connectivity index (χ0) is 10.9. The van der Waals surface area contributed by atoms with Crippen molar-refractivity contribution in [3.63, 3.8) is 0 Å². The molecule has 0 aliphatic carbocycles. The van der Waals surface area contributed by atoms with Crippen LogP contribution in [0.15, 0.2) is 24.3 Å². The Morgan fingerprint density at radius 1 is 0.867 bits per heavy atom. The number of nitrogens with one attached hydrogen (secondary N) is 1. The Labute approximate surface area is 93.7 Å². The molecular weight excluding hydrogens is 182 g/mol. The van der Waals surface area contributed by atoms with Crippen molar-refractivity contribution in [2.45, 2.75) is 51.9 Å². The van der Waals surface area contributed by atoms with Crippen molar-refractivity contribution in [2.75, 3.05) is 0 Å². The van der Waals surface area contributed by atoms with Crippen LogP contribution in [0.3, 0.4) is 0 Å². The molecule has 0 amide bonds. The summed E-state index contributed by atoms with van der Waals surface area (Å²) in [6.45, 7) is 2.25. The largest absolute Gasteiger partial charge is 0.301 e. The second-order valence-electron chi connectivity index (χ2n) is 4.21. The minimum absolute atomic E-state index is 0.613. The number of hydrogen-bond acceptors (Lipinski definition) is 0. The third-order valence-corrected chi connectivity index (χ3v) is 2.77. The summed E-state index contributed by atoms with van der Waals surface area (Å²) in [4.78, 5) is 0. The van der Waals surface area contributed by atoms with Crippen LogP contribution in [-0.4, -0.2) is 0 Å². The Kier molecular flexibility index (Phi) is 5.91. The van der Waals surface area contributed by atoms with E-state index in [1.54, 1.807) is 0 Å². The van der Waals surface area contributed by atoms with Gasteiger partial charge in [-0.2, -0.15) is 0 Å². The zero-order valence-electron chi connectivity index (χ0n) is 9.76. The van der Waals surface area contributed by atoms with Crippen LogP contribution in [0.1, 0.15) is 51.0 Å². The monoisotopic (exact) mass is 204 g/mol. The number of benzene rings is 1. The van der Waals surface area contributed by atoms with Gasteiger partial charge in [-0.3, -0.25) is 0 Å². The van der Waals surface area contributed by atoms with Gasteiger partial charge in [-0.15, -0.1) is 0 Å². The minimum atomic E-state index is 0.613. The summed E-state index contributed by atoms with van der Waals surface area (Å²) < 4.78 is 0. The van der Waals surface area contributed by atoms with Crippen LogP contribution in [-0.2, 0) is 6.42 Å². The van der Waals surface area contributed by atoms with Crippen molar-refractivity contribution in [3.05, 3.63) is 29.8 Å². The summed E-state index contributed by atoms with van der Waals surface area (Å²) in [5.74, 6) is 0. The van der Waals surface area contributed by atoms with E-state index in [0.717, 1.165) is 0 Å². The quantitative estimate of drug-likeness (QED) is 0.584. The Bertz CT molecular complexity index is 251. The normalized spacial score (nSPS) is 10.5. The van der Waals surface area contributed by atoms with Crippen LogP contribution >= 0.6 is 0 Å². The lowest BCUT2D eigenvalue weighted by molar-refractivity contribution is 0.607. The lowest BCUT2D eigenvalue weighted by Gasteiger charge is -2.02. The predicted octanol–water partition coefficient (Wildman–Crippen LogP) is 4.50. The Morgan fingerprint density at radius 3 is 2.13 bits per heavy atom. The second kappa shape index (κ2) is 7.33. The first kappa shape index (κ1) is 12.1. The standard InChI is InChI=1S/C14H22N/c1-2-3-4-5-6-7-8-13-9-11-14(15)12-10-13/h9-12,15H,2-8H2,1H3. The summed E-state index contributed by atoms with van der Waals surface area (Å²) >= 11 is 0. The molecule has 1 aromatic carbocycles. The highest BCUT2D eigenvalue weighted by molar-refractivity contribution is 5.35. The summed E-state index contributed by atoms with van der Waals surface area (Å²) in [7, 11) is 0. The van der Waals surface area contributed by atoms with E-state index >= 15 is 0 Å². The maximum Gasteiger partial charge on any atom is 0.0540 e. The maximum atomic E-state index is 7.38.